The molecule has 2 atom stereocenters. The van der Waals surface area contributed by atoms with Crippen LogP contribution >= 0.6 is 0 Å². The normalized spacial score (nSPS) is 24.9. The molecule has 5 nitrogen and oxygen atoms in total. The average Bonchev–Trinajstić information content (AvgIpc) is 3.26. The van der Waals surface area contributed by atoms with Crippen LogP contribution in [-0.4, -0.2) is 63.7 Å². The summed E-state index contributed by atoms with van der Waals surface area (Å²) in [5.41, 5.74) is 1.19. The van der Waals surface area contributed by atoms with Gasteiger partial charge in [-0.15, -0.1) is 0 Å². The largest absolute Gasteiger partial charge is 0.391 e. The van der Waals surface area contributed by atoms with Crippen molar-refractivity contribution in [2.24, 2.45) is 0 Å². The number of carbonyl (C=O) groups excluding carboxylic acids is 1. The van der Waals surface area contributed by atoms with E-state index in [1.165, 1.54) is 10.9 Å². The van der Waals surface area contributed by atoms with Crippen molar-refractivity contribution in [2.75, 3.05) is 26.2 Å². The van der Waals surface area contributed by atoms with E-state index in [1.54, 1.807) is 0 Å². The Balaban J connectivity index is 1.29. The Bertz CT molecular complexity index is 733. The van der Waals surface area contributed by atoms with Crippen molar-refractivity contribution in [1.29, 1.82) is 0 Å². The van der Waals surface area contributed by atoms with Gasteiger partial charge in [-0.3, -0.25) is 9.69 Å². The van der Waals surface area contributed by atoms with Crippen molar-refractivity contribution in [3.05, 3.63) is 36.5 Å². The fourth-order valence-electron chi connectivity index (χ4n) is 4.36. The topological polar surface area (TPSA) is 48.7 Å². The summed E-state index contributed by atoms with van der Waals surface area (Å²) >= 11 is 0. The molecule has 25 heavy (non-hydrogen) atoms. The Hall–Kier alpha value is -1.85. The van der Waals surface area contributed by atoms with E-state index in [1.807, 2.05) is 17.0 Å². The second kappa shape index (κ2) is 7.18. The molecule has 2 fully saturated rings. The summed E-state index contributed by atoms with van der Waals surface area (Å²) in [5.74, 6) is 0.240. The highest BCUT2D eigenvalue weighted by molar-refractivity contribution is 5.80. The van der Waals surface area contributed by atoms with Gasteiger partial charge < -0.3 is 14.6 Å². The SMILES string of the molecule is O=C(CCn1ccc2ccccc21)N1CCN([C@@H]2CCC[C@H]2O)CC1. The summed E-state index contributed by atoms with van der Waals surface area (Å²) in [5, 5.41) is 11.3. The van der Waals surface area contributed by atoms with Gasteiger partial charge in [-0.2, -0.15) is 0 Å². The van der Waals surface area contributed by atoms with Crippen LogP contribution in [0.25, 0.3) is 10.9 Å². The van der Waals surface area contributed by atoms with E-state index in [-0.39, 0.29) is 12.0 Å². The molecule has 1 amide bonds. The molecule has 4 rings (SSSR count). The molecule has 1 aromatic carbocycles. The minimum atomic E-state index is -0.177. The first-order valence-electron chi connectivity index (χ1n) is 9.46. The second-order valence-corrected chi connectivity index (χ2v) is 7.30. The van der Waals surface area contributed by atoms with Crippen molar-refractivity contribution >= 4 is 16.8 Å². The number of aryl methyl sites for hydroxylation is 1. The third-order valence-corrected chi connectivity index (χ3v) is 5.83. The maximum absolute atomic E-state index is 12.6. The minimum absolute atomic E-state index is 0.177. The quantitative estimate of drug-likeness (QED) is 0.926. The molecule has 1 N–H and O–H groups in total. The first-order valence-corrected chi connectivity index (χ1v) is 9.46. The molecule has 134 valence electrons. The first-order chi connectivity index (χ1) is 12.2. The van der Waals surface area contributed by atoms with Crippen LogP contribution in [0.15, 0.2) is 36.5 Å². The van der Waals surface area contributed by atoms with Gasteiger partial charge in [0.15, 0.2) is 0 Å². The number of aliphatic hydroxyl groups is 1. The Morgan fingerprint density at radius 1 is 1.08 bits per heavy atom. The monoisotopic (exact) mass is 341 g/mol. The van der Waals surface area contributed by atoms with E-state index >= 15 is 0 Å². The molecule has 1 aliphatic heterocycles. The molecule has 0 unspecified atom stereocenters. The number of aliphatic hydroxyl groups excluding tert-OH is 1. The van der Waals surface area contributed by atoms with Crippen molar-refractivity contribution in [2.45, 2.75) is 44.4 Å². The van der Waals surface area contributed by atoms with Gasteiger partial charge in [-0.1, -0.05) is 18.2 Å². The Morgan fingerprint density at radius 3 is 2.64 bits per heavy atom. The van der Waals surface area contributed by atoms with Gasteiger partial charge in [0, 0.05) is 56.9 Å². The summed E-state index contributed by atoms with van der Waals surface area (Å²) in [4.78, 5) is 16.9. The van der Waals surface area contributed by atoms with E-state index in [4.69, 9.17) is 0 Å². The van der Waals surface area contributed by atoms with Gasteiger partial charge in [0.1, 0.15) is 0 Å². The lowest BCUT2D eigenvalue weighted by molar-refractivity contribution is -0.133. The highest BCUT2D eigenvalue weighted by Crippen LogP contribution is 2.25. The third-order valence-electron chi connectivity index (χ3n) is 5.83. The maximum Gasteiger partial charge on any atom is 0.224 e. The predicted octanol–water partition coefficient (Wildman–Crippen LogP) is 2.09. The first kappa shape index (κ1) is 16.6. The Morgan fingerprint density at radius 2 is 1.88 bits per heavy atom. The second-order valence-electron chi connectivity index (χ2n) is 7.30. The summed E-state index contributed by atoms with van der Waals surface area (Å²) in [6, 6.07) is 10.7. The van der Waals surface area contributed by atoms with Crippen molar-refractivity contribution in [3.8, 4) is 0 Å². The molecule has 5 heteroatoms. The van der Waals surface area contributed by atoms with Crippen molar-refractivity contribution in [1.82, 2.24) is 14.4 Å². The van der Waals surface area contributed by atoms with Gasteiger partial charge in [-0.25, -0.2) is 0 Å². The number of piperazine rings is 1. The zero-order valence-electron chi connectivity index (χ0n) is 14.7. The number of hydrogen-bond donors (Lipinski definition) is 1. The summed E-state index contributed by atoms with van der Waals surface area (Å²) < 4.78 is 2.17. The zero-order valence-corrected chi connectivity index (χ0v) is 14.7. The number of hydrogen-bond acceptors (Lipinski definition) is 3. The smallest absolute Gasteiger partial charge is 0.224 e. The number of carbonyl (C=O) groups is 1. The summed E-state index contributed by atoms with van der Waals surface area (Å²) in [6.07, 6.45) is 5.58. The molecule has 0 radical (unpaired) electrons. The van der Waals surface area contributed by atoms with Gasteiger partial charge in [-0.05, 0) is 36.8 Å². The maximum atomic E-state index is 12.6. The van der Waals surface area contributed by atoms with Crippen LogP contribution in [0.4, 0.5) is 0 Å². The average molecular weight is 341 g/mol. The van der Waals surface area contributed by atoms with Crippen molar-refractivity contribution in [3.63, 3.8) is 0 Å². The predicted molar refractivity (Wildman–Crippen MR) is 98.4 cm³/mol. The Labute approximate surface area is 148 Å². The molecule has 2 aromatic rings. The van der Waals surface area contributed by atoms with E-state index in [0.29, 0.717) is 12.5 Å². The van der Waals surface area contributed by atoms with Crippen LogP contribution < -0.4 is 0 Å². The lowest BCUT2D eigenvalue weighted by Gasteiger charge is -2.39. The molecule has 0 bridgehead atoms. The molecule has 0 spiro atoms. The van der Waals surface area contributed by atoms with Crippen LogP contribution in [0, 0.1) is 0 Å². The number of amides is 1. The third kappa shape index (κ3) is 3.44. The van der Waals surface area contributed by atoms with Crippen LogP contribution in [-0.2, 0) is 11.3 Å². The van der Waals surface area contributed by atoms with E-state index in [2.05, 4.69) is 33.9 Å². The number of para-hydroxylation sites is 1. The molecule has 1 saturated carbocycles. The van der Waals surface area contributed by atoms with Crippen LogP contribution in [0.5, 0.6) is 0 Å². The molecule has 1 aromatic heterocycles. The minimum Gasteiger partial charge on any atom is -0.391 e. The number of nitrogens with zero attached hydrogens (tertiary/aromatic N) is 3. The van der Waals surface area contributed by atoms with Gasteiger partial charge in [0.2, 0.25) is 5.91 Å². The van der Waals surface area contributed by atoms with Crippen LogP contribution in [0.3, 0.4) is 0 Å². The highest BCUT2D eigenvalue weighted by atomic mass is 16.3. The number of aromatic nitrogens is 1. The Kier molecular flexibility index (Phi) is 4.77. The lowest BCUT2D eigenvalue weighted by Crippen LogP contribution is -2.53. The molecular formula is C20H27N3O2. The number of fused-ring (bicyclic) bond motifs is 1. The number of benzene rings is 1. The highest BCUT2D eigenvalue weighted by Gasteiger charge is 2.33. The zero-order chi connectivity index (χ0) is 17.2. The van der Waals surface area contributed by atoms with E-state index in [9.17, 15) is 9.90 Å². The van der Waals surface area contributed by atoms with Gasteiger partial charge in [0.05, 0.1) is 6.10 Å². The molecule has 1 aliphatic carbocycles. The summed E-state index contributed by atoms with van der Waals surface area (Å²) in [6.45, 7) is 4.08. The van der Waals surface area contributed by atoms with Crippen molar-refractivity contribution < 1.29 is 9.90 Å². The van der Waals surface area contributed by atoms with E-state index < -0.39 is 0 Å². The molecule has 1 saturated heterocycles. The van der Waals surface area contributed by atoms with Crippen LogP contribution in [0.2, 0.25) is 0 Å². The lowest BCUT2D eigenvalue weighted by atomic mass is 10.1. The fraction of sp³-hybridized carbons (Fsp3) is 0.550. The van der Waals surface area contributed by atoms with E-state index in [0.717, 1.165) is 52.0 Å². The summed E-state index contributed by atoms with van der Waals surface area (Å²) in [7, 11) is 0. The van der Waals surface area contributed by atoms with Gasteiger partial charge >= 0.3 is 0 Å². The van der Waals surface area contributed by atoms with Gasteiger partial charge in [0.25, 0.3) is 0 Å². The molecular weight excluding hydrogens is 314 g/mol. The molecule has 2 heterocycles. The van der Waals surface area contributed by atoms with Crippen LogP contribution in [0.1, 0.15) is 25.7 Å². The standard InChI is InChI=1S/C20H27N3O2/c24-19-7-3-6-18(19)22-12-14-23(15-13-22)20(25)9-11-21-10-8-16-4-1-2-5-17(16)21/h1-2,4-5,8,10,18-19,24H,3,6-7,9,11-15H2/t18-,19-/m1/s1. The molecule has 2 aliphatic rings. The fourth-order valence-corrected chi connectivity index (χ4v) is 4.36. The number of rotatable bonds is 4.